The van der Waals surface area contributed by atoms with Gasteiger partial charge in [0.15, 0.2) is 0 Å². The third kappa shape index (κ3) is 2.21. The summed E-state index contributed by atoms with van der Waals surface area (Å²) in [6, 6.07) is 5.34. The average Bonchev–Trinajstić information content (AvgIpc) is 2.38. The van der Waals surface area contributed by atoms with Crippen molar-refractivity contribution in [3.05, 3.63) is 23.8 Å². The van der Waals surface area contributed by atoms with Crippen LogP contribution in [0.1, 0.15) is 25.3 Å². The van der Waals surface area contributed by atoms with Crippen LogP contribution in [0.25, 0.3) is 0 Å². The van der Waals surface area contributed by atoms with Gasteiger partial charge in [-0.15, -0.1) is 0 Å². The third-order valence-corrected chi connectivity index (χ3v) is 2.49. The summed E-state index contributed by atoms with van der Waals surface area (Å²) in [7, 11) is 0. The fourth-order valence-corrected chi connectivity index (χ4v) is 1.83. The Hall–Kier alpha value is -1.84. The van der Waals surface area contributed by atoms with Crippen LogP contribution < -0.4 is 10.1 Å². The van der Waals surface area contributed by atoms with Crippen molar-refractivity contribution in [2.75, 3.05) is 5.32 Å². The molecule has 0 aromatic heterocycles. The second-order valence-corrected chi connectivity index (χ2v) is 3.78. The minimum atomic E-state index is -0.344. The monoisotopic (exact) mass is 219 g/mol. The van der Waals surface area contributed by atoms with E-state index < -0.39 is 0 Å². The largest absolute Gasteiger partial charge is 0.426 e. The first-order valence-corrected chi connectivity index (χ1v) is 5.27. The highest BCUT2D eigenvalue weighted by molar-refractivity contribution is 5.92. The first-order valence-electron chi connectivity index (χ1n) is 5.27. The Kier molecular flexibility index (Phi) is 2.90. The van der Waals surface area contributed by atoms with E-state index in [0.29, 0.717) is 12.2 Å². The molecule has 0 aliphatic carbocycles. The molecule has 4 heteroatoms. The minimum absolute atomic E-state index is 0.0127. The molecule has 0 saturated carbocycles. The number of carbonyl (C=O) groups is 2. The van der Waals surface area contributed by atoms with Crippen LogP contribution in [0.5, 0.6) is 5.75 Å². The lowest BCUT2D eigenvalue weighted by Gasteiger charge is -2.11. The van der Waals surface area contributed by atoms with E-state index in [9.17, 15) is 9.59 Å². The maximum absolute atomic E-state index is 11.4. The number of esters is 1. The molecule has 16 heavy (non-hydrogen) atoms. The van der Waals surface area contributed by atoms with Gasteiger partial charge in [-0.25, -0.2) is 0 Å². The quantitative estimate of drug-likeness (QED) is 0.579. The SMILES string of the molecule is CC(=O)Oc1cccc2c1CCCC(=O)N2. The van der Waals surface area contributed by atoms with Crippen molar-refractivity contribution in [3.8, 4) is 5.75 Å². The smallest absolute Gasteiger partial charge is 0.308 e. The number of carbonyl (C=O) groups excluding carboxylic acids is 2. The number of anilines is 1. The molecule has 0 radical (unpaired) electrons. The Bertz CT molecular complexity index is 440. The van der Waals surface area contributed by atoms with Gasteiger partial charge in [-0.1, -0.05) is 6.07 Å². The van der Waals surface area contributed by atoms with Crippen molar-refractivity contribution in [3.63, 3.8) is 0 Å². The zero-order chi connectivity index (χ0) is 11.5. The van der Waals surface area contributed by atoms with Gasteiger partial charge >= 0.3 is 5.97 Å². The van der Waals surface area contributed by atoms with Gasteiger partial charge in [0.25, 0.3) is 0 Å². The molecule has 2 rings (SSSR count). The van der Waals surface area contributed by atoms with Crippen molar-refractivity contribution in [1.29, 1.82) is 0 Å². The standard InChI is InChI=1S/C12H13NO3/c1-8(14)16-11-6-3-5-10-9(11)4-2-7-12(15)13-10/h3,5-6H,2,4,7H2,1H3,(H,13,15). The van der Waals surface area contributed by atoms with E-state index in [1.165, 1.54) is 6.92 Å². The van der Waals surface area contributed by atoms with Crippen molar-refractivity contribution >= 4 is 17.6 Å². The van der Waals surface area contributed by atoms with Crippen molar-refractivity contribution < 1.29 is 14.3 Å². The van der Waals surface area contributed by atoms with Gasteiger partial charge in [-0.2, -0.15) is 0 Å². The number of amides is 1. The van der Waals surface area contributed by atoms with Gasteiger partial charge < -0.3 is 10.1 Å². The molecule has 1 aromatic carbocycles. The molecule has 0 fully saturated rings. The van der Waals surface area contributed by atoms with E-state index >= 15 is 0 Å². The molecule has 1 aliphatic heterocycles. The van der Waals surface area contributed by atoms with Crippen molar-refractivity contribution in [2.45, 2.75) is 26.2 Å². The summed E-state index contributed by atoms with van der Waals surface area (Å²) >= 11 is 0. The second kappa shape index (κ2) is 4.35. The van der Waals surface area contributed by atoms with E-state index in [-0.39, 0.29) is 11.9 Å². The Morgan fingerprint density at radius 3 is 2.94 bits per heavy atom. The zero-order valence-corrected chi connectivity index (χ0v) is 9.08. The minimum Gasteiger partial charge on any atom is -0.426 e. The molecule has 1 aliphatic rings. The number of fused-ring (bicyclic) bond motifs is 1. The highest BCUT2D eigenvalue weighted by Gasteiger charge is 2.16. The van der Waals surface area contributed by atoms with Crippen LogP contribution in [0.3, 0.4) is 0 Å². The Balaban J connectivity index is 2.38. The first-order chi connectivity index (χ1) is 7.66. The third-order valence-electron chi connectivity index (χ3n) is 2.49. The van der Waals surface area contributed by atoms with Gasteiger partial charge in [0.2, 0.25) is 5.91 Å². The molecular weight excluding hydrogens is 206 g/mol. The van der Waals surface area contributed by atoms with E-state index in [1.54, 1.807) is 12.1 Å². The number of benzene rings is 1. The van der Waals surface area contributed by atoms with Gasteiger partial charge in [0.1, 0.15) is 5.75 Å². The van der Waals surface area contributed by atoms with E-state index in [2.05, 4.69) is 5.32 Å². The summed E-state index contributed by atoms with van der Waals surface area (Å²) in [6.07, 6.45) is 2.03. The molecule has 0 unspecified atom stereocenters. The summed E-state index contributed by atoms with van der Waals surface area (Å²) in [5, 5.41) is 2.81. The van der Waals surface area contributed by atoms with Crippen molar-refractivity contribution in [1.82, 2.24) is 0 Å². The fourth-order valence-electron chi connectivity index (χ4n) is 1.83. The van der Waals surface area contributed by atoms with E-state index in [0.717, 1.165) is 24.1 Å². The second-order valence-electron chi connectivity index (χ2n) is 3.78. The van der Waals surface area contributed by atoms with Gasteiger partial charge in [-0.05, 0) is 25.0 Å². The Labute approximate surface area is 93.6 Å². The van der Waals surface area contributed by atoms with Crippen LogP contribution in [-0.4, -0.2) is 11.9 Å². The molecule has 4 nitrogen and oxygen atoms in total. The molecule has 0 saturated heterocycles. The number of rotatable bonds is 1. The van der Waals surface area contributed by atoms with Crippen molar-refractivity contribution in [2.24, 2.45) is 0 Å². The lowest BCUT2D eigenvalue weighted by Crippen LogP contribution is -2.10. The molecule has 1 amide bonds. The summed E-state index contributed by atoms with van der Waals surface area (Å²) in [5.74, 6) is 0.217. The molecule has 0 spiro atoms. The molecule has 0 bridgehead atoms. The van der Waals surface area contributed by atoms with Crippen LogP contribution in [0.15, 0.2) is 18.2 Å². The number of hydrogen-bond acceptors (Lipinski definition) is 3. The summed E-state index contributed by atoms with van der Waals surface area (Å²) < 4.78 is 5.11. The van der Waals surface area contributed by atoms with E-state index in [1.807, 2.05) is 6.07 Å². The molecule has 1 aromatic rings. The number of nitrogens with one attached hydrogen (secondary N) is 1. The highest BCUT2D eigenvalue weighted by Crippen LogP contribution is 2.30. The van der Waals surface area contributed by atoms with Crippen LogP contribution in [-0.2, 0) is 16.0 Å². The maximum Gasteiger partial charge on any atom is 0.308 e. The predicted molar refractivity (Wildman–Crippen MR) is 59.3 cm³/mol. The van der Waals surface area contributed by atoms with E-state index in [4.69, 9.17) is 4.74 Å². The lowest BCUT2D eigenvalue weighted by atomic mass is 10.1. The lowest BCUT2D eigenvalue weighted by molar-refractivity contribution is -0.131. The first kappa shape index (κ1) is 10.7. The summed E-state index contributed by atoms with van der Waals surface area (Å²) in [4.78, 5) is 22.3. The van der Waals surface area contributed by atoms with Gasteiger partial charge in [0.05, 0.1) is 0 Å². The highest BCUT2D eigenvalue weighted by atomic mass is 16.5. The van der Waals surface area contributed by atoms with Crippen LogP contribution in [0, 0.1) is 0 Å². The summed E-state index contributed by atoms with van der Waals surface area (Å²) in [5.41, 5.74) is 1.66. The normalized spacial score (nSPS) is 14.7. The molecule has 84 valence electrons. The predicted octanol–water partition coefficient (Wildman–Crippen LogP) is 1.89. The van der Waals surface area contributed by atoms with Crippen LogP contribution in [0.4, 0.5) is 5.69 Å². The molecular formula is C12H13NO3. The van der Waals surface area contributed by atoms with Crippen LogP contribution in [0.2, 0.25) is 0 Å². The number of hydrogen-bond donors (Lipinski definition) is 1. The molecule has 0 atom stereocenters. The van der Waals surface area contributed by atoms with Gasteiger partial charge in [0, 0.05) is 24.6 Å². The zero-order valence-electron chi connectivity index (χ0n) is 9.08. The Morgan fingerprint density at radius 2 is 2.19 bits per heavy atom. The Morgan fingerprint density at radius 1 is 1.38 bits per heavy atom. The fraction of sp³-hybridized carbons (Fsp3) is 0.333. The number of ether oxygens (including phenoxy) is 1. The van der Waals surface area contributed by atoms with Gasteiger partial charge in [-0.3, -0.25) is 9.59 Å². The molecule has 1 heterocycles. The topological polar surface area (TPSA) is 55.4 Å². The molecule has 1 N–H and O–H groups in total. The average molecular weight is 219 g/mol. The summed E-state index contributed by atoms with van der Waals surface area (Å²) in [6.45, 7) is 1.37. The maximum atomic E-state index is 11.4. The van der Waals surface area contributed by atoms with Crippen LogP contribution >= 0.6 is 0 Å².